The van der Waals surface area contributed by atoms with E-state index in [2.05, 4.69) is 5.32 Å². The van der Waals surface area contributed by atoms with E-state index in [0.29, 0.717) is 19.3 Å². The maximum absolute atomic E-state index is 12.8. The van der Waals surface area contributed by atoms with Gasteiger partial charge < -0.3 is 10.4 Å². The molecule has 0 unspecified atom stereocenters. The number of hydrogen-bond acceptors (Lipinski definition) is 2. The van der Waals surface area contributed by atoms with Crippen LogP contribution in [-0.4, -0.2) is 22.5 Å². The van der Waals surface area contributed by atoms with Gasteiger partial charge in [0, 0.05) is 12.0 Å². The average molecular weight is 295 g/mol. The molecule has 0 aromatic heterocycles. The standard InChI is InChI=1S/C16H22FNO3/c1-3-16(4-2,11-15(20)21)18-14(19)10-7-12-5-8-13(17)9-6-12/h5-6,8-9H,3-4,7,10-11H2,1-2H3,(H,18,19)(H,20,21). The highest BCUT2D eigenvalue weighted by Crippen LogP contribution is 2.20. The molecule has 21 heavy (non-hydrogen) atoms. The minimum absolute atomic E-state index is 0.0811. The maximum Gasteiger partial charge on any atom is 0.305 e. The number of carboxylic acids is 1. The van der Waals surface area contributed by atoms with Crippen molar-refractivity contribution >= 4 is 11.9 Å². The molecule has 0 bridgehead atoms. The summed E-state index contributed by atoms with van der Waals surface area (Å²) in [4.78, 5) is 23.0. The Kier molecular flexibility index (Phi) is 6.34. The summed E-state index contributed by atoms with van der Waals surface area (Å²) in [5, 5.41) is 11.8. The zero-order chi connectivity index (χ0) is 15.9. The van der Waals surface area contributed by atoms with Gasteiger partial charge >= 0.3 is 5.97 Å². The van der Waals surface area contributed by atoms with Gasteiger partial charge in [-0.15, -0.1) is 0 Å². The molecule has 0 aliphatic carbocycles. The molecule has 0 radical (unpaired) electrons. The van der Waals surface area contributed by atoms with Crippen LogP contribution in [0.2, 0.25) is 0 Å². The van der Waals surface area contributed by atoms with Gasteiger partial charge in [-0.2, -0.15) is 0 Å². The zero-order valence-corrected chi connectivity index (χ0v) is 12.5. The molecule has 0 spiro atoms. The van der Waals surface area contributed by atoms with E-state index in [1.54, 1.807) is 12.1 Å². The molecule has 1 amide bonds. The lowest BCUT2D eigenvalue weighted by atomic mass is 9.88. The number of nitrogens with one attached hydrogen (secondary N) is 1. The van der Waals surface area contributed by atoms with E-state index >= 15 is 0 Å². The lowest BCUT2D eigenvalue weighted by Crippen LogP contribution is -2.49. The summed E-state index contributed by atoms with van der Waals surface area (Å²) in [5.41, 5.74) is 0.189. The van der Waals surface area contributed by atoms with Crippen molar-refractivity contribution in [1.29, 1.82) is 0 Å². The van der Waals surface area contributed by atoms with E-state index in [1.165, 1.54) is 12.1 Å². The highest BCUT2D eigenvalue weighted by Gasteiger charge is 2.30. The van der Waals surface area contributed by atoms with Gasteiger partial charge in [0.2, 0.25) is 5.91 Å². The molecule has 0 heterocycles. The Bertz CT molecular complexity index is 481. The Morgan fingerprint density at radius 1 is 1.19 bits per heavy atom. The Morgan fingerprint density at radius 2 is 1.76 bits per heavy atom. The molecule has 0 atom stereocenters. The smallest absolute Gasteiger partial charge is 0.305 e. The van der Waals surface area contributed by atoms with Crippen LogP contribution in [0, 0.1) is 5.82 Å². The zero-order valence-electron chi connectivity index (χ0n) is 12.5. The quantitative estimate of drug-likeness (QED) is 0.775. The van der Waals surface area contributed by atoms with Crippen LogP contribution in [0.1, 0.15) is 45.1 Å². The van der Waals surface area contributed by atoms with Crippen molar-refractivity contribution in [1.82, 2.24) is 5.32 Å². The molecular formula is C16H22FNO3. The summed E-state index contributed by atoms with van der Waals surface area (Å²) in [5.74, 6) is -1.40. The Morgan fingerprint density at radius 3 is 2.24 bits per heavy atom. The van der Waals surface area contributed by atoms with Crippen LogP contribution in [0.15, 0.2) is 24.3 Å². The molecule has 0 aliphatic rings. The summed E-state index contributed by atoms with van der Waals surface area (Å²) < 4.78 is 12.8. The third kappa shape index (κ3) is 5.53. The first-order valence-corrected chi connectivity index (χ1v) is 7.18. The van der Waals surface area contributed by atoms with Crippen molar-refractivity contribution in [2.45, 2.75) is 51.5 Å². The number of hydrogen-bond donors (Lipinski definition) is 2. The van der Waals surface area contributed by atoms with Crippen LogP contribution in [0.4, 0.5) is 4.39 Å². The molecule has 0 fully saturated rings. The van der Waals surface area contributed by atoms with Crippen LogP contribution < -0.4 is 5.32 Å². The number of benzene rings is 1. The first-order chi connectivity index (χ1) is 9.90. The van der Waals surface area contributed by atoms with E-state index in [0.717, 1.165) is 5.56 Å². The number of halogens is 1. The molecule has 0 aliphatic heterocycles. The first-order valence-electron chi connectivity index (χ1n) is 7.18. The van der Waals surface area contributed by atoms with Crippen molar-refractivity contribution < 1.29 is 19.1 Å². The van der Waals surface area contributed by atoms with Gasteiger partial charge in [-0.1, -0.05) is 26.0 Å². The molecular weight excluding hydrogens is 273 g/mol. The number of carbonyl (C=O) groups is 2. The number of aliphatic carboxylic acids is 1. The number of carboxylic acid groups (broad SMARTS) is 1. The predicted octanol–water partition coefficient (Wildman–Crippen LogP) is 2.91. The van der Waals surface area contributed by atoms with E-state index in [4.69, 9.17) is 5.11 Å². The van der Waals surface area contributed by atoms with Crippen LogP contribution in [0.5, 0.6) is 0 Å². The van der Waals surface area contributed by atoms with Crippen molar-refractivity contribution in [2.24, 2.45) is 0 Å². The van der Waals surface area contributed by atoms with E-state index in [-0.39, 0.29) is 24.6 Å². The molecule has 0 saturated carbocycles. The van der Waals surface area contributed by atoms with Gasteiger partial charge in [-0.3, -0.25) is 9.59 Å². The molecule has 1 rings (SSSR count). The molecule has 1 aromatic carbocycles. The lowest BCUT2D eigenvalue weighted by Gasteiger charge is -2.31. The fourth-order valence-corrected chi connectivity index (χ4v) is 2.28. The molecule has 1 aromatic rings. The van der Waals surface area contributed by atoms with Crippen LogP contribution in [-0.2, 0) is 16.0 Å². The van der Waals surface area contributed by atoms with E-state index in [1.807, 2.05) is 13.8 Å². The maximum atomic E-state index is 12.8. The number of carbonyl (C=O) groups excluding carboxylic acids is 1. The predicted molar refractivity (Wildman–Crippen MR) is 78.4 cm³/mol. The Labute approximate surface area is 124 Å². The van der Waals surface area contributed by atoms with Gasteiger partial charge in [0.05, 0.1) is 6.42 Å². The van der Waals surface area contributed by atoms with Crippen molar-refractivity contribution in [2.75, 3.05) is 0 Å². The highest BCUT2D eigenvalue weighted by atomic mass is 19.1. The summed E-state index contributed by atoms with van der Waals surface area (Å²) in [6.45, 7) is 3.74. The first kappa shape index (κ1) is 17.1. The monoisotopic (exact) mass is 295 g/mol. The molecule has 116 valence electrons. The minimum atomic E-state index is -0.919. The fraction of sp³-hybridized carbons (Fsp3) is 0.500. The van der Waals surface area contributed by atoms with Crippen molar-refractivity contribution in [3.05, 3.63) is 35.6 Å². The Hall–Kier alpha value is -1.91. The molecule has 4 nitrogen and oxygen atoms in total. The second-order valence-electron chi connectivity index (χ2n) is 5.23. The van der Waals surface area contributed by atoms with Gasteiger partial charge in [0.15, 0.2) is 0 Å². The minimum Gasteiger partial charge on any atom is -0.481 e. The van der Waals surface area contributed by atoms with Crippen molar-refractivity contribution in [3.63, 3.8) is 0 Å². The van der Waals surface area contributed by atoms with E-state index < -0.39 is 11.5 Å². The van der Waals surface area contributed by atoms with E-state index in [9.17, 15) is 14.0 Å². The SMILES string of the molecule is CCC(CC)(CC(=O)O)NC(=O)CCc1ccc(F)cc1. The average Bonchev–Trinajstić information content (AvgIpc) is 2.45. The van der Waals surface area contributed by atoms with Crippen LogP contribution in [0.3, 0.4) is 0 Å². The second-order valence-corrected chi connectivity index (χ2v) is 5.23. The van der Waals surface area contributed by atoms with Crippen LogP contribution in [0.25, 0.3) is 0 Å². The fourth-order valence-electron chi connectivity index (χ4n) is 2.28. The van der Waals surface area contributed by atoms with Gasteiger partial charge in [-0.25, -0.2) is 4.39 Å². The third-order valence-electron chi connectivity index (χ3n) is 3.80. The highest BCUT2D eigenvalue weighted by molar-refractivity contribution is 5.78. The third-order valence-corrected chi connectivity index (χ3v) is 3.80. The lowest BCUT2D eigenvalue weighted by molar-refractivity contribution is -0.139. The summed E-state index contributed by atoms with van der Waals surface area (Å²) >= 11 is 0. The topological polar surface area (TPSA) is 66.4 Å². The molecule has 0 saturated heterocycles. The second kappa shape index (κ2) is 7.76. The summed E-state index contributed by atoms with van der Waals surface area (Å²) in [6, 6.07) is 6.01. The van der Waals surface area contributed by atoms with Gasteiger partial charge in [0.1, 0.15) is 5.82 Å². The largest absolute Gasteiger partial charge is 0.481 e. The molecule has 5 heteroatoms. The normalized spacial score (nSPS) is 11.2. The van der Waals surface area contributed by atoms with Gasteiger partial charge in [0.25, 0.3) is 0 Å². The van der Waals surface area contributed by atoms with Gasteiger partial charge in [-0.05, 0) is 37.0 Å². The Balaban J connectivity index is 2.57. The number of amides is 1. The van der Waals surface area contributed by atoms with Crippen molar-refractivity contribution in [3.8, 4) is 0 Å². The summed E-state index contributed by atoms with van der Waals surface area (Å²) in [7, 11) is 0. The number of aryl methyl sites for hydroxylation is 1. The van der Waals surface area contributed by atoms with Crippen LogP contribution >= 0.6 is 0 Å². The molecule has 2 N–H and O–H groups in total. The number of rotatable bonds is 8. The summed E-state index contributed by atoms with van der Waals surface area (Å²) in [6.07, 6.45) is 1.81.